The summed E-state index contributed by atoms with van der Waals surface area (Å²) in [6.07, 6.45) is 0. The number of nitrogens with zero attached hydrogens (tertiary/aromatic N) is 1. The van der Waals surface area contributed by atoms with Gasteiger partial charge >= 0.3 is 0 Å². The van der Waals surface area contributed by atoms with E-state index in [4.69, 9.17) is 4.74 Å². The first kappa shape index (κ1) is 20.3. The van der Waals surface area contributed by atoms with Crippen molar-refractivity contribution in [3.05, 3.63) is 54.1 Å². The van der Waals surface area contributed by atoms with Crippen molar-refractivity contribution in [1.29, 1.82) is 0 Å². The number of nitrogens with one attached hydrogen (secondary N) is 1. The average molecular weight is 399 g/mol. The van der Waals surface area contributed by atoms with E-state index in [1.54, 1.807) is 16.7 Å². The highest BCUT2D eigenvalue weighted by Crippen LogP contribution is 2.45. The lowest BCUT2D eigenvalue weighted by atomic mass is 9.95. The zero-order valence-corrected chi connectivity index (χ0v) is 17.5. The van der Waals surface area contributed by atoms with Crippen LogP contribution in [0.15, 0.2) is 48.5 Å². The van der Waals surface area contributed by atoms with Crippen molar-refractivity contribution >= 4 is 35.0 Å². The summed E-state index contributed by atoms with van der Waals surface area (Å²) in [6.45, 7) is 8.10. The number of amides is 2. The SMILES string of the molecule is CCOc1ccccc1N1C(=O)CSC1c1cccc(NC(=O)C(C)(C)C)c1. The van der Waals surface area contributed by atoms with Crippen molar-refractivity contribution in [1.82, 2.24) is 0 Å². The first-order valence-corrected chi connectivity index (χ1v) is 10.4. The Balaban J connectivity index is 1.92. The molecular formula is C22H26N2O3S. The minimum Gasteiger partial charge on any atom is -0.492 e. The highest BCUT2D eigenvalue weighted by molar-refractivity contribution is 8.00. The van der Waals surface area contributed by atoms with E-state index in [1.165, 1.54) is 0 Å². The molecule has 0 saturated carbocycles. The van der Waals surface area contributed by atoms with Gasteiger partial charge in [0.2, 0.25) is 11.8 Å². The molecule has 6 heteroatoms. The lowest BCUT2D eigenvalue weighted by Crippen LogP contribution is -2.29. The van der Waals surface area contributed by atoms with Crippen molar-refractivity contribution in [2.75, 3.05) is 22.6 Å². The molecule has 2 aromatic rings. The fourth-order valence-corrected chi connectivity index (χ4v) is 4.11. The van der Waals surface area contributed by atoms with Gasteiger partial charge in [-0.05, 0) is 36.8 Å². The predicted molar refractivity (Wildman–Crippen MR) is 115 cm³/mol. The Morgan fingerprint density at radius 1 is 1.21 bits per heavy atom. The molecule has 0 bridgehead atoms. The molecule has 3 rings (SSSR count). The number of hydrogen-bond donors (Lipinski definition) is 1. The maximum absolute atomic E-state index is 12.7. The zero-order valence-electron chi connectivity index (χ0n) is 16.7. The number of carbonyl (C=O) groups is 2. The Morgan fingerprint density at radius 2 is 1.96 bits per heavy atom. The summed E-state index contributed by atoms with van der Waals surface area (Å²) in [6, 6.07) is 15.3. The van der Waals surface area contributed by atoms with Crippen molar-refractivity contribution in [3.63, 3.8) is 0 Å². The fraction of sp³-hybridized carbons (Fsp3) is 0.364. The van der Waals surface area contributed by atoms with Gasteiger partial charge in [0, 0.05) is 11.1 Å². The van der Waals surface area contributed by atoms with E-state index in [0.717, 1.165) is 16.9 Å². The minimum absolute atomic E-state index is 0.0432. The van der Waals surface area contributed by atoms with Crippen LogP contribution in [0, 0.1) is 5.41 Å². The average Bonchev–Trinajstić information content (AvgIpc) is 3.03. The van der Waals surface area contributed by atoms with E-state index in [1.807, 2.05) is 76.2 Å². The molecule has 0 radical (unpaired) electrons. The largest absolute Gasteiger partial charge is 0.492 e. The second-order valence-electron chi connectivity index (χ2n) is 7.66. The number of para-hydroxylation sites is 2. The quantitative estimate of drug-likeness (QED) is 0.782. The van der Waals surface area contributed by atoms with Gasteiger partial charge in [-0.25, -0.2) is 0 Å². The van der Waals surface area contributed by atoms with Crippen LogP contribution in [0.3, 0.4) is 0 Å². The number of benzene rings is 2. The first-order valence-electron chi connectivity index (χ1n) is 9.38. The molecule has 2 aromatic carbocycles. The van der Waals surface area contributed by atoms with Crippen LogP contribution in [0.2, 0.25) is 0 Å². The van der Waals surface area contributed by atoms with Crippen molar-refractivity contribution in [2.45, 2.75) is 33.1 Å². The molecule has 1 saturated heterocycles. The second kappa shape index (κ2) is 8.27. The topological polar surface area (TPSA) is 58.6 Å². The van der Waals surface area contributed by atoms with Crippen molar-refractivity contribution in [2.24, 2.45) is 5.41 Å². The molecule has 1 N–H and O–H groups in total. The number of hydrogen-bond acceptors (Lipinski definition) is 4. The molecular weight excluding hydrogens is 372 g/mol. The van der Waals surface area contributed by atoms with Crippen LogP contribution in [-0.4, -0.2) is 24.2 Å². The van der Waals surface area contributed by atoms with Crippen LogP contribution in [0.1, 0.15) is 38.6 Å². The van der Waals surface area contributed by atoms with E-state index in [0.29, 0.717) is 18.1 Å². The van der Waals surface area contributed by atoms with E-state index in [-0.39, 0.29) is 17.2 Å². The van der Waals surface area contributed by atoms with Gasteiger partial charge in [-0.15, -0.1) is 11.8 Å². The van der Waals surface area contributed by atoms with Gasteiger partial charge in [0.1, 0.15) is 11.1 Å². The normalized spacial score (nSPS) is 16.9. The van der Waals surface area contributed by atoms with Crippen LogP contribution in [0.25, 0.3) is 0 Å². The molecule has 1 aliphatic heterocycles. The third-order valence-corrected chi connectivity index (χ3v) is 5.62. The lowest BCUT2D eigenvalue weighted by molar-refractivity contribution is -0.123. The standard InChI is InChI=1S/C22H26N2O3S/c1-5-27-18-12-7-6-11-17(18)24-19(25)14-28-20(24)15-9-8-10-16(13-15)23-21(26)22(2,3)4/h6-13,20H,5,14H2,1-4H3,(H,23,26). The Kier molecular flexibility index (Phi) is 5.98. The molecule has 1 fully saturated rings. The molecule has 0 spiro atoms. The van der Waals surface area contributed by atoms with Crippen molar-refractivity contribution < 1.29 is 14.3 Å². The summed E-state index contributed by atoms with van der Waals surface area (Å²) >= 11 is 1.57. The predicted octanol–water partition coefficient (Wildman–Crippen LogP) is 4.85. The third-order valence-electron chi connectivity index (χ3n) is 4.40. The Morgan fingerprint density at radius 3 is 2.68 bits per heavy atom. The number of anilines is 2. The third kappa shape index (κ3) is 4.33. The molecule has 1 unspecified atom stereocenters. The number of rotatable bonds is 5. The molecule has 1 heterocycles. The van der Waals surface area contributed by atoms with E-state index in [2.05, 4.69) is 5.32 Å². The summed E-state index contributed by atoms with van der Waals surface area (Å²) in [5, 5.41) is 2.80. The van der Waals surface area contributed by atoms with Crippen LogP contribution < -0.4 is 15.0 Å². The van der Waals surface area contributed by atoms with Crippen molar-refractivity contribution in [3.8, 4) is 5.75 Å². The van der Waals surface area contributed by atoms with Crippen LogP contribution in [-0.2, 0) is 9.59 Å². The molecule has 148 valence electrons. The summed E-state index contributed by atoms with van der Waals surface area (Å²) < 4.78 is 5.74. The minimum atomic E-state index is -0.476. The van der Waals surface area contributed by atoms with E-state index in [9.17, 15) is 9.59 Å². The summed E-state index contributed by atoms with van der Waals surface area (Å²) in [4.78, 5) is 26.8. The smallest absolute Gasteiger partial charge is 0.238 e. The molecule has 1 atom stereocenters. The van der Waals surface area contributed by atoms with Crippen LogP contribution in [0.4, 0.5) is 11.4 Å². The Bertz CT molecular complexity index is 876. The monoisotopic (exact) mass is 398 g/mol. The summed E-state index contributed by atoms with van der Waals surface area (Å²) in [5.74, 6) is 1.11. The fourth-order valence-electron chi connectivity index (χ4n) is 2.95. The van der Waals surface area contributed by atoms with Crippen LogP contribution >= 0.6 is 11.8 Å². The molecule has 1 aliphatic rings. The molecule has 28 heavy (non-hydrogen) atoms. The van der Waals surface area contributed by atoms with Gasteiger partial charge in [-0.3, -0.25) is 14.5 Å². The summed E-state index contributed by atoms with van der Waals surface area (Å²) in [7, 11) is 0. The van der Waals surface area contributed by atoms with E-state index < -0.39 is 5.41 Å². The van der Waals surface area contributed by atoms with Gasteiger partial charge in [0.05, 0.1) is 18.0 Å². The summed E-state index contributed by atoms with van der Waals surface area (Å²) in [5.41, 5.74) is 1.99. The maximum atomic E-state index is 12.7. The Hall–Kier alpha value is -2.47. The second-order valence-corrected chi connectivity index (χ2v) is 8.73. The molecule has 2 amide bonds. The van der Waals surface area contributed by atoms with Gasteiger partial charge in [-0.1, -0.05) is 45.0 Å². The molecule has 0 aliphatic carbocycles. The molecule has 5 nitrogen and oxygen atoms in total. The number of carbonyl (C=O) groups excluding carboxylic acids is 2. The molecule has 0 aromatic heterocycles. The Labute approximate surface area is 170 Å². The van der Waals surface area contributed by atoms with E-state index >= 15 is 0 Å². The zero-order chi connectivity index (χ0) is 20.3. The first-order chi connectivity index (χ1) is 13.3. The van der Waals surface area contributed by atoms with Gasteiger partial charge < -0.3 is 10.1 Å². The lowest BCUT2D eigenvalue weighted by Gasteiger charge is -2.26. The van der Waals surface area contributed by atoms with Gasteiger partial charge in [0.15, 0.2) is 0 Å². The number of ether oxygens (including phenoxy) is 1. The highest BCUT2D eigenvalue weighted by atomic mass is 32.2. The maximum Gasteiger partial charge on any atom is 0.238 e. The number of thioether (sulfide) groups is 1. The van der Waals surface area contributed by atoms with Gasteiger partial charge in [0.25, 0.3) is 0 Å². The highest BCUT2D eigenvalue weighted by Gasteiger charge is 2.35. The van der Waals surface area contributed by atoms with Crippen LogP contribution in [0.5, 0.6) is 5.75 Å². The van der Waals surface area contributed by atoms with Gasteiger partial charge in [-0.2, -0.15) is 0 Å².